The van der Waals surface area contributed by atoms with E-state index >= 15 is 0 Å². The van der Waals surface area contributed by atoms with Gasteiger partial charge in [0.2, 0.25) is 10.0 Å². The molecule has 0 saturated carbocycles. The molecule has 0 radical (unpaired) electrons. The van der Waals surface area contributed by atoms with Crippen LogP contribution in [0.5, 0.6) is 11.5 Å². The summed E-state index contributed by atoms with van der Waals surface area (Å²) in [4.78, 5) is 0.109. The third kappa shape index (κ3) is 3.88. The van der Waals surface area contributed by atoms with Gasteiger partial charge in [-0.2, -0.15) is 0 Å². The van der Waals surface area contributed by atoms with E-state index in [9.17, 15) is 8.42 Å². The van der Waals surface area contributed by atoms with Crippen molar-refractivity contribution in [2.45, 2.75) is 23.8 Å². The van der Waals surface area contributed by atoms with Crippen LogP contribution < -0.4 is 14.2 Å². The minimum Gasteiger partial charge on any atom is -0.493 e. The number of hydrogen-bond acceptors (Lipinski definition) is 5. The molecule has 6 nitrogen and oxygen atoms in total. The Bertz CT molecular complexity index is 599. The van der Waals surface area contributed by atoms with Gasteiger partial charge < -0.3 is 14.2 Å². The summed E-state index contributed by atoms with van der Waals surface area (Å²) in [5.41, 5.74) is 0. The highest BCUT2D eigenvalue weighted by Gasteiger charge is 2.23. The first-order valence-corrected chi connectivity index (χ1v) is 8.78. The summed E-state index contributed by atoms with van der Waals surface area (Å²) in [6.07, 6.45) is 1.78. The predicted octanol–water partition coefficient (Wildman–Crippen LogP) is 1.92. The molecule has 1 aromatic carbocycles. The summed E-state index contributed by atoms with van der Waals surface area (Å²) in [5, 5.41) is 0. The summed E-state index contributed by atoms with van der Waals surface area (Å²) in [5.74, 6) is 0.820. The van der Waals surface area contributed by atoms with Gasteiger partial charge in [-0.3, -0.25) is 0 Å². The lowest BCUT2D eigenvalue weighted by Crippen LogP contribution is -2.32. The second kappa shape index (κ2) is 6.95. The second-order valence-electron chi connectivity index (χ2n) is 4.62. The average molecular weight is 380 g/mol. The van der Waals surface area contributed by atoms with Gasteiger partial charge in [-0.1, -0.05) is 0 Å². The molecular weight excluding hydrogens is 362 g/mol. The first kappa shape index (κ1) is 16.5. The molecule has 0 aliphatic carbocycles. The van der Waals surface area contributed by atoms with E-state index in [-0.39, 0.29) is 17.5 Å². The largest absolute Gasteiger partial charge is 0.493 e. The molecule has 1 saturated heterocycles. The topological polar surface area (TPSA) is 73.9 Å². The highest BCUT2D eigenvalue weighted by atomic mass is 79.9. The standard InChI is InChI=1S/C13H18BrNO5S/c1-18-11-6-10(14)13(7-12(11)19-2)21(16,17)15-8-9-4-3-5-20-9/h6-7,9,15H,3-5,8H2,1-2H3/t9-/m1/s1. The summed E-state index contributed by atoms with van der Waals surface area (Å²) >= 11 is 3.25. The van der Waals surface area contributed by atoms with Crippen molar-refractivity contribution in [1.82, 2.24) is 4.72 Å². The molecule has 0 bridgehead atoms. The maximum absolute atomic E-state index is 12.4. The van der Waals surface area contributed by atoms with Crippen molar-refractivity contribution in [3.63, 3.8) is 0 Å². The Hall–Kier alpha value is -0.830. The molecule has 118 valence electrons. The van der Waals surface area contributed by atoms with Crippen LogP contribution in [-0.4, -0.2) is 41.9 Å². The molecule has 1 aromatic rings. The molecule has 1 aliphatic heterocycles. The van der Waals surface area contributed by atoms with Crippen molar-refractivity contribution in [3.8, 4) is 11.5 Å². The van der Waals surface area contributed by atoms with E-state index in [1.54, 1.807) is 6.07 Å². The fourth-order valence-corrected chi connectivity index (χ4v) is 4.23. The first-order valence-electron chi connectivity index (χ1n) is 6.50. The Morgan fingerprint density at radius 2 is 2.00 bits per heavy atom. The van der Waals surface area contributed by atoms with E-state index in [4.69, 9.17) is 14.2 Å². The van der Waals surface area contributed by atoms with E-state index < -0.39 is 10.0 Å². The van der Waals surface area contributed by atoms with Gasteiger partial charge in [0.05, 0.1) is 20.3 Å². The number of ether oxygens (including phenoxy) is 3. The minimum atomic E-state index is -3.65. The Balaban J connectivity index is 2.22. The average Bonchev–Trinajstić information content (AvgIpc) is 2.98. The lowest BCUT2D eigenvalue weighted by molar-refractivity contribution is 0.114. The van der Waals surface area contributed by atoms with Crippen molar-refractivity contribution in [2.24, 2.45) is 0 Å². The van der Waals surface area contributed by atoms with Gasteiger partial charge in [0.1, 0.15) is 4.90 Å². The molecule has 1 aliphatic rings. The number of nitrogens with one attached hydrogen (secondary N) is 1. The maximum atomic E-state index is 12.4. The smallest absolute Gasteiger partial charge is 0.241 e. The lowest BCUT2D eigenvalue weighted by Gasteiger charge is -2.14. The van der Waals surface area contributed by atoms with Crippen LogP contribution in [0.25, 0.3) is 0 Å². The Kier molecular flexibility index (Phi) is 5.48. The summed E-state index contributed by atoms with van der Waals surface area (Å²) < 4.78 is 43.4. The fraction of sp³-hybridized carbons (Fsp3) is 0.538. The van der Waals surface area contributed by atoms with Crippen molar-refractivity contribution >= 4 is 26.0 Å². The van der Waals surface area contributed by atoms with Crippen LogP contribution in [0.1, 0.15) is 12.8 Å². The Morgan fingerprint density at radius 1 is 1.33 bits per heavy atom. The molecule has 0 unspecified atom stereocenters. The van der Waals surface area contributed by atoms with Crippen LogP contribution in [0.4, 0.5) is 0 Å². The van der Waals surface area contributed by atoms with E-state index in [0.29, 0.717) is 22.6 Å². The van der Waals surface area contributed by atoms with Gasteiger partial charge in [-0.25, -0.2) is 13.1 Å². The van der Waals surface area contributed by atoms with Gasteiger partial charge in [0.25, 0.3) is 0 Å². The van der Waals surface area contributed by atoms with Gasteiger partial charge in [-0.05, 0) is 34.8 Å². The highest BCUT2D eigenvalue weighted by Crippen LogP contribution is 2.35. The SMILES string of the molecule is COc1cc(Br)c(S(=O)(=O)NC[C@H]2CCCO2)cc1OC. The molecule has 0 spiro atoms. The summed E-state index contributed by atoms with van der Waals surface area (Å²) in [6, 6.07) is 3.00. The Labute approximate surface area is 132 Å². The molecular formula is C13H18BrNO5S. The van der Waals surface area contributed by atoms with Crippen LogP contribution in [-0.2, 0) is 14.8 Å². The molecule has 1 atom stereocenters. The van der Waals surface area contributed by atoms with Crippen LogP contribution in [0.15, 0.2) is 21.5 Å². The van der Waals surface area contributed by atoms with Gasteiger partial charge >= 0.3 is 0 Å². The monoisotopic (exact) mass is 379 g/mol. The molecule has 1 N–H and O–H groups in total. The number of halogens is 1. The number of hydrogen-bond donors (Lipinski definition) is 1. The zero-order chi connectivity index (χ0) is 15.5. The molecule has 1 fully saturated rings. The van der Waals surface area contributed by atoms with Crippen molar-refractivity contribution in [1.29, 1.82) is 0 Å². The summed E-state index contributed by atoms with van der Waals surface area (Å²) in [7, 11) is -0.694. The zero-order valence-corrected chi connectivity index (χ0v) is 14.3. The molecule has 21 heavy (non-hydrogen) atoms. The van der Waals surface area contributed by atoms with E-state index in [1.165, 1.54) is 20.3 Å². The van der Waals surface area contributed by atoms with Gasteiger partial charge in [0.15, 0.2) is 11.5 Å². The molecule has 8 heteroatoms. The first-order chi connectivity index (χ1) is 9.97. The number of methoxy groups -OCH3 is 2. The van der Waals surface area contributed by atoms with Crippen molar-refractivity contribution in [3.05, 3.63) is 16.6 Å². The van der Waals surface area contributed by atoms with Gasteiger partial charge in [0, 0.05) is 23.7 Å². The number of rotatable bonds is 6. The van der Waals surface area contributed by atoms with Crippen LogP contribution in [0.3, 0.4) is 0 Å². The minimum absolute atomic E-state index is 0.0568. The third-order valence-corrected chi connectivity index (χ3v) is 5.63. The third-order valence-electron chi connectivity index (χ3n) is 3.25. The van der Waals surface area contributed by atoms with E-state index in [1.807, 2.05) is 0 Å². The highest BCUT2D eigenvalue weighted by molar-refractivity contribution is 9.10. The summed E-state index contributed by atoms with van der Waals surface area (Å²) in [6.45, 7) is 0.954. The van der Waals surface area contributed by atoms with E-state index in [2.05, 4.69) is 20.7 Å². The Morgan fingerprint density at radius 3 is 2.57 bits per heavy atom. The predicted molar refractivity (Wildman–Crippen MR) is 81.4 cm³/mol. The molecule has 0 aromatic heterocycles. The zero-order valence-electron chi connectivity index (χ0n) is 11.9. The molecule has 1 heterocycles. The van der Waals surface area contributed by atoms with E-state index in [0.717, 1.165) is 12.8 Å². The molecule has 0 amide bonds. The van der Waals surface area contributed by atoms with Crippen LogP contribution in [0, 0.1) is 0 Å². The maximum Gasteiger partial charge on any atom is 0.241 e. The number of sulfonamides is 1. The quantitative estimate of drug-likeness (QED) is 0.817. The lowest BCUT2D eigenvalue weighted by atomic mass is 10.2. The normalized spacial score (nSPS) is 18.7. The van der Waals surface area contributed by atoms with Gasteiger partial charge in [-0.15, -0.1) is 0 Å². The second-order valence-corrected chi connectivity index (χ2v) is 7.21. The van der Waals surface area contributed by atoms with Crippen LogP contribution >= 0.6 is 15.9 Å². The van der Waals surface area contributed by atoms with Crippen molar-refractivity contribution < 1.29 is 22.6 Å². The number of benzene rings is 1. The van der Waals surface area contributed by atoms with Crippen molar-refractivity contribution in [2.75, 3.05) is 27.4 Å². The fourth-order valence-electron chi connectivity index (χ4n) is 2.13. The van der Waals surface area contributed by atoms with Crippen LogP contribution in [0.2, 0.25) is 0 Å². The molecule has 2 rings (SSSR count).